The summed E-state index contributed by atoms with van der Waals surface area (Å²) < 4.78 is 10.3. The van der Waals surface area contributed by atoms with E-state index in [9.17, 15) is 19.8 Å². The highest BCUT2D eigenvalue weighted by atomic mass is 16.5. The van der Waals surface area contributed by atoms with Crippen LogP contribution in [0.1, 0.15) is 51.2 Å². The van der Waals surface area contributed by atoms with Crippen LogP contribution in [0.4, 0.5) is 0 Å². The van der Waals surface area contributed by atoms with E-state index in [1.807, 2.05) is 19.9 Å². The van der Waals surface area contributed by atoms with Gasteiger partial charge in [-0.3, -0.25) is 9.59 Å². The number of ether oxygens (including phenoxy) is 2. The molecule has 0 aliphatic heterocycles. The van der Waals surface area contributed by atoms with Gasteiger partial charge in [0.15, 0.2) is 34.6 Å². The lowest BCUT2D eigenvalue weighted by molar-refractivity contribution is -0.130. The molecule has 1 aliphatic rings. The van der Waals surface area contributed by atoms with Crippen LogP contribution in [0.25, 0.3) is 12.2 Å². The van der Waals surface area contributed by atoms with Crippen molar-refractivity contribution in [2.75, 3.05) is 14.2 Å². The Hall–Kier alpha value is -4.32. The summed E-state index contributed by atoms with van der Waals surface area (Å²) in [5.74, 6) is -0.186. The average Bonchev–Trinajstić information content (AvgIpc) is 2.96. The van der Waals surface area contributed by atoms with Crippen molar-refractivity contribution in [3.8, 4) is 23.0 Å². The molecule has 1 aliphatic carbocycles. The minimum atomic E-state index is -0.979. The number of rotatable bonds is 13. The highest BCUT2D eigenvalue weighted by molar-refractivity contribution is 6.14. The number of aromatic hydroxyl groups is 2. The van der Waals surface area contributed by atoms with Crippen LogP contribution in [-0.4, -0.2) is 36.0 Å². The van der Waals surface area contributed by atoms with Crippen LogP contribution < -0.4 is 9.47 Å². The van der Waals surface area contributed by atoms with Crippen molar-refractivity contribution in [1.82, 2.24) is 0 Å². The maximum absolute atomic E-state index is 13.6. The van der Waals surface area contributed by atoms with Crippen molar-refractivity contribution >= 4 is 23.7 Å². The molecule has 0 saturated carbocycles. The molecule has 0 heterocycles. The largest absolute Gasteiger partial charge is 0.504 e. The molecule has 2 atom stereocenters. The number of benzene rings is 2. The van der Waals surface area contributed by atoms with Gasteiger partial charge in [-0.15, -0.1) is 0 Å². The van der Waals surface area contributed by atoms with Gasteiger partial charge < -0.3 is 19.7 Å². The molecule has 222 valence electrons. The SMILES string of the molecule is C=C1C=CC(C(C)C/C=C/C(C)(C)C(C(=O)/C=C/c2ccc(O)c(OC)c2)C(=O)/C=C/c2ccc(O)c(OC)c2)CC1. The van der Waals surface area contributed by atoms with Crippen LogP contribution >= 0.6 is 0 Å². The minimum absolute atomic E-state index is 0.000761. The Labute approximate surface area is 249 Å². The highest BCUT2D eigenvalue weighted by Gasteiger charge is 2.36. The summed E-state index contributed by atoms with van der Waals surface area (Å²) in [6.45, 7) is 10.1. The number of allylic oxidation sites excluding steroid dienone is 7. The molecule has 2 unspecified atom stereocenters. The van der Waals surface area contributed by atoms with E-state index >= 15 is 0 Å². The quantitative estimate of drug-likeness (QED) is 0.145. The third-order valence-electron chi connectivity index (χ3n) is 7.76. The maximum atomic E-state index is 13.6. The molecular weight excluding hydrogens is 528 g/mol. The number of hydrogen-bond acceptors (Lipinski definition) is 6. The van der Waals surface area contributed by atoms with Gasteiger partial charge in [0.25, 0.3) is 0 Å². The summed E-state index contributed by atoms with van der Waals surface area (Å²) in [6.07, 6.45) is 17.4. The first-order chi connectivity index (χ1) is 19.9. The van der Waals surface area contributed by atoms with Crippen LogP contribution in [0.15, 0.2) is 85.0 Å². The zero-order chi connectivity index (χ0) is 30.9. The summed E-state index contributed by atoms with van der Waals surface area (Å²) in [5.41, 5.74) is 1.69. The molecule has 0 spiro atoms. The fourth-order valence-corrected chi connectivity index (χ4v) is 5.14. The Balaban J connectivity index is 1.86. The molecule has 0 aromatic heterocycles. The Morgan fingerprint density at radius 2 is 1.50 bits per heavy atom. The lowest BCUT2D eigenvalue weighted by atomic mass is 9.73. The van der Waals surface area contributed by atoms with E-state index < -0.39 is 11.3 Å². The third-order valence-corrected chi connectivity index (χ3v) is 7.76. The number of methoxy groups -OCH3 is 2. The lowest BCUT2D eigenvalue weighted by Gasteiger charge is -2.28. The molecule has 6 heteroatoms. The van der Waals surface area contributed by atoms with E-state index in [0.717, 1.165) is 24.8 Å². The van der Waals surface area contributed by atoms with Crippen molar-refractivity contribution in [3.63, 3.8) is 0 Å². The van der Waals surface area contributed by atoms with Crippen molar-refractivity contribution in [2.45, 2.75) is 40.0 Å². The fraction of sp³-hybridized carbons (Fsp3) is 0.333. The second kappa shape index (κ2) is 14.5. The molecule has 0 bridgehead atoms. The molecular formula is C36H42O6. The molecule has 2 aromatic carbocycles. The number of ketones is 2. The first-order valence-corrected chi connectivity index (χ1v) is 14.2. The predicted molar refractivity (Wildman–Crippen MR) is 169 cm³/mol. The molecule has 3 rings (SSSR count). The Morgan fingerprint density at radius 3 is 1.95 bits per heavy atom. The van der Waals surface area contributed by atoms with Gasteiger partial charge in [0.1, 0.15) is 0 Å². The standard InChI is InChI=1S/C36H42O6/c1-24-9-15-28(16-10-24)25(2)8-7-21-36(3,4)35(31(39)19-13-26-11-17-29(37)33(22-26)41-5)32(40)20-14-27-12-18-30(38)34(23-27)42-6/h7,9,11-15,17-23,25,28,35,37-38H,1,8,10,16H2,2-6H3/b19-13+,20-14+,21-7+. The fourth-order valence-electron chi connectivity index (χ4n) is 5.14. The summed E-state index contributed by atoms with van der Waals surface area (Å²) in [4.78, 5) is 27.3. The van der Waals surface area contributed by atoms with Gasteiger partial charge in [0, 0.05) is 0 Å². The number of phenols is 2. The number of carbonyl (C=O) groups is 2. The average molecular weight is 571 g/mol. The van der Waals surface area contributed by atoms with E-state index in [1.165, 1.54) is 38.5 Å². The third kappa shape index (κ3) is 8.59. The topological polar surface area (TPSA) is 93.1 Å². The van der Waals surface area contributed by atoms with E-state index in [1.54, 1.807) is 36.4 Å². The Morgan fingerprint density at radius 1 is 0.976 bits per heavy atom. The molecule has 0 saturated heterocycles. The van der Waals surface area contributed by atoms with Crippen molar-refractivity contribution in [2.24, 2.45) is 23.2 Å². The predicted octanol–water partition coefficient (Wildman–Crippen LogP) is 7.73. The van der Waals surface area contributed by atoms with Crippen molar-refractivity contribution < 1.29 is 29.3 Å². The van der Waals surface area contributed by atoms with Crippen LogP contribution in [0, 0.1) is 23.2 Å². The molecule has 2 N–H and O–H groups in total. The number of phenolic OH excluding ortho intramolecular Hbond substituents is 2. The second-order valence-corrected chi connectivity index (χ2v) is 11.4. The van der Waals surface area contributed by atoms with Crippen LogP contribution in [0.3, 0.4) is 0 Å². The second-order valence-electron chi connectivity index (χ2n) is 11.4. The lowest BCUT2D eigenvalue weighted by Crippen LogP contribution is -2.34. The molecule has 42 heavy (non-hydrogen) atoms. The first kappa shape index (κ1) is 32.2. The smallest absolute Gasteiger partial charge is 0.167 e. The van der Waals surface area contributed by atoms with E-state index in [-0.39, 0.29) is 23.1 Å². The van der Waals surface area contributed by atoms with Crippen LogP contribution in [0.5, 0.6) is 23.0 Å². The molecule has 0 amide bonds. The monoisotopic (exact) mass is 570 g/mol. The Kier molecular flexibility index (Phi) is 11.1. The maximum Gasteiger partial charge on any atom is 0.167 e. The van der Waals surface area contributed by atoms with Crippen LogP contribution in [0.2, 0.25) is 0 Å². The van der Waals surface area contributed by atoms with Gasteiger partial charge in [-0.2, -0.15) is 0 Å². The summed E-state index contributed by atoms with van der Waals surface area (Å²) >= 11 is 0. The Bertz CT molecular complexity index is 1330. The van der Waals surface area contributed by atoms with Gasteiger partial charge in [0.2, 0.25) is 0 Å². The van der Waals surface area contributed by atoms with E-state index in [2.05, 4.69) is 31.7 Å². The summed E-state index contributed by atoms with van der Waals surface area (Å²) in [5, 5.41) is 19.8. The highest BCUT2D eigenvalue weighted by Crippen LogP contribution is 2.34. The van der Waals surface area contributed by atoms with Crippen molar-refractivity contribution in [1.29, 1.82) is 0 Å². The zero-order valence-electron chi connectivity index (χ0n) is 25.2. The molecule has 6 nitrogen and oxygen atoms in total. The van der Waals surface area contributed by atoms with Gasteiger partial charge in [-0.05, 0) is 84.1 Å². The molecule has 0 radical (unpaired) electrons. The van der Waals surface area contributed by atoms with Crippen molar-refractivity contribution in [3.05, 3.63) is 96.1 Å². The zero-order valence-corrected chi connectivity index (χ0v) is 25.2. The van der Waals surface area contributed by atoms with E-state index in [4.69, 9.17) is 9.47 Å². The van der Waals surface area contributed by atoms with Gasteiger partial charge in [-0.25, -0.2) is 0 Å². The van der Waals surface area contributed by atoms with E-state index in [0.29, 0.717) is 34.5 Å². The van der Waals surface area contributed by atoms with Crippen LogP contribution in [-0.2, 0) is 9.59 Å². The van der Waals surface area contributed by atoms with Gasteiger partial charge >= 0.3 is 0 Å². The first-order valence-electron chi connectivity index (χ1n) is 14.2. The number of carbonyl (C=O) groups excluding carboxylic acids is 2. The summed E-state index contributed by atoms with van der Waals surface area (Å²) in [7, 11) is 2.91. The minimum Gasteiger partial charge on any atom is -0.504 e. The summed E-state index contributed by atoms with van der Waals surface area (Å²) in [6, 6.07) is 9.55. The molecule has 2 aromatic rings. The van der Waals surface area contributed by atoms with Gasteiger partial charge in [0.05, 0.1) is 20.1 Å². The number of hydrogen-bond donors (Lipinski definition) is 2. The molecule has 0 fully saturated rings. The normalized spacial score (nSPS) is 16.5. The van der Waals surface area contributed by atoms with Gasteiger partial charge in [-0.1, -0.05) is 81.5 Å².